The molecule has 0 aromatic carbocycles. The number of anilines is 1. The first-order valence-electron chi connectivity index (χ1n) is 11.5. The van der Waals surface area contributed by atoms with Gasteiger partial charge in [0.15, 0.2) is 10.9 Å². The van der Waals surface area contributed by atoms with E-state index in [0.717, 1.165) is 6.54 Å². The molecule has 4 rings (SSSR count). The summed E-state index contributed by atoms with van der Waals surface area (Å²) in [4.78, 5) is 57.5. The van der Waals surface area contributed by atoms with Crippen LogP contribution in [-0.2, 0) is 36.9 Å². The number of nitrogens with one attached hydrogen (secondary N) is 1. The molecule has 204 valence electrons. The van der Waals surface area contributed by atoms with Crippen LogP contribution in [0.25, 0.3) is 0 Å². The maximum absolute atomic E-state index is 13.1. The number of thiazole rings is 1. The summed E-state index contributed by atoms with van der Waals surface area (Å²) in [6.45, 7) is 2.24. The highest BCUT2D eigenvalue weighted by Crippen LogP contribution is 2.41. The first-order chi connectivity index (χ1) is 18.1. The zero-order valence-electron chi connectivity index (χ0n) is 20.9. The van der Waals surface area contributed by atoms with Crippen molar-refractivity contribution in [1.82, 2.24) is 40.3 Å². The van der Waals surface area contributed by atoms with Gasteiger partial charge in [-0.05, 0) is 37.0 Å². The molecule has 1 saturated heterocycles. The highest BCUT2D eigenvalue weighted by atomic mass is 32.2. The first kappa shape index (κ1) is 28.0. The van der Waals surface area contributed by atoms with Gasteiger partial charge in [0.05, 0.1) is 18.7 Å². The van der Waals surface area contributed by atoms with E-state index in [-0.39, 0.29) is 23.8 Å². The fourth-order valence-electron chi connectivity index (χ4n) is 3.70. The summed E-state index contributed by atoms with van der Waals surface area (Å²) in [5, 5.41) is 16.7. The topological polar surface area (TPSA) is 179 Å². The predicted octanol–water partition coefficient (Wildman–Crippen LogP) is -0.606. The van der Waals surface area contributed by atoms with Crippen molar-refractivity contribution < 1.29 is 23.9 Å². The highest BCUT2D eigenvalue weighted by Gasteiger charge is 2.54. The van der Waals surface area contributed by atoms with Crippen LogP contribution in [-0.4, -0.2) is 109 Å². The van der Waals surface area contributed by atoms with E-state index < -0.39 is 29.9 Å². The maximum atomic E-state index is 13.1. The lowest BCUT2D eigenvalue weighted by molar-refractivity contribution is -0.154. The van der Waals surface area contributed by atoms with E-state index in [1.807, 2.05) is 19.0 Å². The monoisotopic (exact) mass is 581 g/mol. The van der Waals surface area contributed by atoms with Crippen molar-refractivity contribution in [2.45, 2.75) is 36.5 Å². The molecular weight excluding hydrogens is 554 g/mol. The second kappa shape index (κ2) is 12.2. The molecule has 2 aliphatic heterocycles. The van der Waals surface area contributed by atoms with Gasteiger partial charge in [0.1, 0.15) is 23.7 Å². The van der Waals surface area contributed by atoms with Crippen molar-refractivity contribution in [3.8, 4) is 0 Å². The number of hydrogen-bond donors (Lipinski definition) is 2. The molecule has 0 spiro atoms. The number of ether oxygens (including phenoxy) is 1. The highest BCUT2D eigenvalue weighted by molar-refractivity contribution is 8.01. The summed E-state index contributed by atoms with van der Waals surface area (Å²) in [6.07, 6.45) is -0.0113. The third kappa shape index (κ3) is 6.51. The Balaban J connectivity index is 1.48. The number of carbonyl (C=O) groups excluding carboxylic acids is 4. The second-order valence-corrected chi connectivity index (χ2v) is 11.8. The second-order valence-electron chi connectivity index (χ2n) is 8.82. The number of Topliss-reactive ketones (excluding diaryl/α,β-unsaturated/α-hetero) is 1. The number of nitrogens with two attached hydrogens (primary N) is 1. The molecule has 0 saturated carbocycles. The number of hydrogen-bond acceptors (Lipinski definition) is 14. The van der Waals surface area contributed by atoms with Gasteiger partial charge in [-0.1, -0.05) is 11.8 Å². The Hall–Kier alpha value is -3.02. The zero-order valence-corrected chi connectivity index (χ0v) is 23.4. The third-order valence-electron chi connectivity index (χ3n) is 5.51. The zero-order chi connectivity index (χ0) is 27.4. The fraction of sp³-hybridized carbons (Fsp3) is 0.524. The smallest absolute Gasteiger partial charge is 0.355 e. The lowest BCUT2D eigenvalue weighted by Gasteiger charge is -2.49. The van der Waals surface area contributed by atoms with E-state index in [0.29, 0.717) is 39.6 Å². The molecule has 1 fully saturated rings. The van der Waals surface area contributed by atoms with Gasteiger partial charge in [-0.25, -0.2) is 14.5 Å². The first-order valence-corrected chi connectivity index (χ1v) is 14.4. The lowest BCUT2D eigenvalue weighted by atomic mass is 10.0. The molecule has 38 heavy (non-hydrogen) atoms. The minimum atomic E-state index is -0.799. The molecule has 4 heterocycles. The van der Waals surface area contributed by atoms with E-state index in [4.69, 9.17) is 10.5 Å². The van der Waals surface area contributed by atoms with Gasteiger partial charge < -0.3 is 20.7 Å². The van der Waals surface area contributed by atoms with Crippen LogP contribution in [0.5, 0.6) is 0 Å². The molecule has 0 unspecified atom stereocenters. The number of tetrazole rings is 1. The average Bonchev–Trinajstić information content (AvgIpc) is 3.50. The number of likely N-dealkylation sites (N-methyl/N-ethyl adjacent to an activating group) is 1. The fourth-order valence-corrected chi connectivity index (χ4v) is 6.65. The number of carbonyl (C=O) groups is 4. The van der Waals surface area contributed by atoms with Crippen LogP contribution in [0.4, 0.5) is 5.13 Å². The largest absolute Gasteiger partial charge is 0.453 e. The van der Waals surface area contributed by atoms with Crippen molar-refractivity contribution in [2.75, 3.05) is 44.5 Å². The normalized spacial score (nSPS) is 18.8. The van der Waals surface area contributed by atoms with Crippen molar-refractivity contribution in [1.29, 1.82) is 0 Å². The molecule has 0 radical (unpaired) electrons. The van der Waals surface area contributed by atoms with E-state index in [1.165, 1.54) is 46.7 Å². The molecule has 14 nitrogen and oxygen atoms in total. The Morgan fingerprint density at radius 2 is 2.13 bits per heavy atom. The Morgan fingerprint density at radius 1 is 1.34 bits per heavy atom. The van der Waals surface area contributed by atoms with Gasteiger partial charge in [-0.3, -0.25) is 19.3 Å². The quantitative estimate of drug-likeness (QED) is 0.184. The number of β-lactam (4-membered cyclic amide) rings is 1. The average molecular weight is 582 g/mol. The van der Waals surface area contributed by atoms with E-state index in [2.05, 4.69) is 25.8 Å². The van der Waals surface area contributed by atoms with Crippen LogP contribution in [0.2, 0.25) is 0 Å². The van der Waals surface area contributed by atoms with Gasteiger partial charge in [0, 0.05) is 23.4 Å². The maximum Gasteiger partial charge on any atom is 0.355 e. The molecule has 2 aliphatic rings. The lowest BCUT2D eigenvalue weighted by Crippen LogP contribution is -2.70. The number of nitrogens with zero attached hydrogens (tertiary/aromatic N) is 7. The molecule has 3 N–H and O–H groups in total. The summed E-state index contributed by atoms with van der Waals surface area (Å²) in [7, 11) is 3.90. The number of ketones is 1. The number of nitrogen functional groups attached to an aromatic ring is 1. The standard InChI is InChI=1S/C21H27N9O5S3/c1-11(31)7-35-19(34)16-12(9-38-21-25-26-27-29(21)5-4-28(2)3)8-36-18-15(17(33)30(16)18)24-14(32)6-13-10-37-20(22)23-13/h10,15,18H,4-9H2,1-3H3,(H2,22,23)(H,24,32)/t15-,18+/m1/s1. The number of aromatic nitrogens is 5. The van der Waals surface area contributed by atoms with E-state index >= 15 is 0 Å². The van der Waals surface area contributed by atoms with Crippen LogP contribution in [0.15, 0.2) is 21.8 Å². The van der Waals surface area contributed by atoms with Gasteiger partial charge in [0.25, 0.3) is 5.91 Å². The molecule has 0 aliphatic carbocycles. The number of fused-ring (bicyclic) bond motifs is 1. The molecule has 2 atom stereocenters. The minimum absolute atomic E-state index is 0.0113. The minimum Gasteiger partial charge on any atom is -0.453 e. The molecule has 2 aromatic heterocycles. The third-order valence-corrected chi connectivity index (χ3v) is 8.61. The molecule has 2 amide bonds. The molecule has 17 heteroatoms. The molecule has 0 bridgehead atoms. The summed E-state index contributed by atoms with van der Waals surface area (Å²) in [5.41, 5.74) is 6.89. The SMILES string of the molecule is CC(=O)COC(=O)C1=C(CSc2nnnn2CCN(C)C)CS[C@H]2[C@H](NC(=O)Cc3csc(N)n3)C(=O)N12. The van der Waals surface area contributed by atoms with Gasteiger partial charge in [0.2, 0.25) is 11.1 Å². The summed E-state index contributed by atoms with van der Waals surface area (Å²) in [5.74, 6) is -1.13. The summed E-state index contributed by atoms with van der Waals surface area (Å²) >= 11 is 4.00. The Morgan fingerprint density at radius 3 is 2.82 bits per heavy atom. The van der Waals surface area contributed by atoms with Crippen LogP contribution >= 0.6 is 34.9 Å². The van der Waals surface area contributed by atoms with Crippen molar-refractivity contribution in [3.05, 3.63) is 22.3 Å². The van der Waals surface area contributed by atoms with Crippen LogP contribution in [0, 0.1) is 0 Å². The van der Waals surface area contributed by atoms with Crippen LogP contribution in [0.1, 0.15) is 12.6 Å². The Kier molecular flexibility index (Phi) is 9.01. The van der Waals surface area contributed by atoms with E-state index in [1.54, 1.807) is 10.1 Å². The van der Waals surface area contributed by atoms with E-state index in [9.17, 15) is 19.2 Å². The summed E-state index contributed by atoms with van der Waals surface area (Å²) in [6, 6.07) is -0.799. The number of esters is 1. The van der Waals surface area contributed by atoms with Crippen molar-refractivity contribution >= 4 is 63.6 Å². The van der Waals surface area contributed by atoms with Gasteiger partial charge >= 0.3 is 5.97 Å². The van der Waals surface area contributed by atoms with Crippen molar-refractivity contribution in [2.24, 2.45) is 0 Å². The Labute approximate surface area is 230 Å². The van der Waals surface area contributed by atoms with Crippen LogP contribution < -0.4 is 11.1 Å². The number of thioether (sulfide) groups is 2. The summed E-state index contributed by atoms with van der Waals surface area (Å²) < 4.78 is 6.86. The van der Waals surface area contributed by atoms with Gasteiger partial charge in [-0.15, -0.1) is 28.2 Å². The molecule has 2 aromatic rings. The number of rotatable bonds is 12. The van der Waals surface area contributed by atoms with Crippen LogP contribution in [0.3, 0.4) is 0 Å². The Bertz CT molecular complexity index is 1260. The number of amides is 2. The van der Waals surface area contributed by atoms with Crippen molar-refractivity contribution in [3.63, 3.8) is 0 Å². The molecular formula is C21H27N9O5S3. The predicted molar refractivity (Wildman–Crippen MR) is 141 cm³/mol. The van der Waals surface area contributed by atoms with Gasteiger partial charge in [-0.2, -0.15) is 0 Å².